The molecule has 2 atom stereocenters. The maximum absolute atomic E-state index is 11.8. The summed E-state index contributed by atoms with van der Waals surface area (Å²) >= 11 is 13.2. The standard InChI is InChI=1S/C16H19ClN4O2S2/c1-19-14(11-3-5-12(17)6-4-11)18-21(16(19)24)10-20-7-8-25-13(9-20)15(22)23-2/h3-6,13H,7-10H2,1-2H3/p+1/t13-/m1/s1. The summed E-state index contributed by atoms with van der Waals surface area (Å²) in [6, 6.07) is 7.54. The molecule has 1 aliphatic heterocycles. The number of nitrogens with zero attached hydrogens (tertiary/aromatic N) is 3. The number of ether oxygens (including phenoxy) is 1. The minimum Gasteiger partial charge on any atom is -0.468 e. The van der Waals surface area contributed by atoms with Crippen LogP contribution in [0.2, 0.25) is 5.02 Å². The number of halogens is 1. The molecule has 1 aliphatic rings. The summed E-state index contributed by atoms with van der Waals surface area (Å²) in [5.74, 6) is 1.56. The van der Waals surface area contributed by atoms with Crippen LogP contribution in [0.15, 0.2) is 24.3 Å². The Balaban J connectivity index is 1.79. The molecule has 1 saturated heterocycles. The number of thioether (sulfide) groups is 1. The lowest BCUT2D eigenvalue weighted by Gasteiger charge is -2.27. The van der Waals surface area contributed by atoms with E-state index in [1.165, 1.54) is 12.0 Å². The van der Waals surface area contributed by atoms with Gasteiger partial charge in [0.15, 0.2) is 17.7 Å². The molecule has 1 N–H and O–H groups in total. The van der Waals surface area contributed by atoms with E-state index in [1.54, 1.807) is 11.8 Å². The monoisotopic (exact) mass is 399 g/mol. The maximum atomic E-state index is 11.8. The molecule has 1 fully saturated rings. The lowest BCUT2D eigenvalue weighted by Crippen LogP contribution is -3.14. The van der Waals surface area contributed by atoms with Gasteiger partial charge in [-0.2, -0.15) is 4.68 Å². The van der Waals surface area contributed by atoms with Crippen molar-refractivity contribution in [3.63, 3.8) is 0 Å². The first kappa shape index (κ1) is 18.4. The van der Waals surface area contributed by atoms with Gasteiger partial charge in [0.1, 0.15) is 6.54 Å². The second-order valence-corrected chi connectivity index (χ2v) is 8.03. The number of aromatic nitrogens is 3. The van der Waals surface area contributed by atoms with E-state index in [4.69, 9.17) is 28.6 Å². The number of hydrogen-bond acceptors (Lipinski definition) is 5. The molecular formula is C16H20ClN4O2S2+. The van der Waals surface area contributed by atoms with Gasteiger partial charge < -0.3 is 14.2 Å². The molecule has 1 aromatic carbocycles. The van der Waals surface area contributed by atoms with Crippen molar-refractivity contribution in [1.29, 1.82) is 0 Å². The molecule has 0 aliphatic carbocycles. The van der Waals surface area contributed by atoms with Crippen LogP contribution in [0.4, 0.5) is 0 Å². The molecule has 0 saturated carbocycles. The van der Waals surface area contributed by atoms with Crippen LogP contribution in [0.25, 0.3) is 11.4 Å². The fraction of sp³-hybridized carbons (Fsp3) is 0.438. The van der Waals surface area contributed by atoms with Gasteiger partial charge in [-0.25, -0.2) is 0 Å². The number of hydrogen-bond donors (Lipinski definition) is 1. The minimum absolute atomic E-state index is 0.123. The minimum atomic E-state index is -0.159. The Hall–Kier alpha value is -1.35. The molecule has 6 nitrogen and oxygen atoms in total. The highest BCUT2D eigenvalue weighted by atomic mass is 35.5. The molecule has 0 amide bonds. The van der Waals surface area contributed by atoms with Gasteiger partial charge in [-0.1, -0.05) is 11.6 Å². The first-order valence-corrected chi connectivity index (χ1v) is 9.76. The van der Waals surface area contributed by atoms with Gasteiger partial charge in [-0.3, -0.25) is 4.79 Å². The highest BCUT2D eigenvalue weighted by Gasteiger charge is 2.30. The van der Waals surface area contributed by atoms with E-state index < -0.39 is 0 Å². The van der Waals surface area contributed by atoms with Crippen molar-refractivity contribution in [1.82, 2.24) is 14.3 Å². The number of nitrogens with one attached hydrogen (secondary N) is 1. The van der Waals surface area contributed by atoms with Crippen LogP contribution in [-0.4, -0.2) is 51.5 Å². The van der Waals surface area contributed by atoms with Gasteiger partial charge in [0.2, 0.25) is 4.77 Å². The number of benzene rings is 1. The van der Waals surface area contributed by atoms with E-state index >= 15 is 0 Å². The third kappa shape index (κ3) is 4.08. The van der Waals surface area contributed by atoms with Crippen molar-refractivity contribution in [3.8, 4) is 11.4 Å². The summed E-state index contributed by atoms with van der Waals surface area (Å²) in [6.07, 6.45) is 0. The zero-order valence-electron chi connectivity index (χ0n) is 14.1. The van der Waals surface area contributed by atoms with E-state index in [1.807, 2.05) is 40.6 Å². The number of methoxy groups -OCH3 is 1. The summed E-state index contributed by atoms with van der Waals surface area (Å²) < 4.78 is 9.26. The number of rotatable bonds is 4. The van der Waals surface area contributed by atoms with Crippen molar-refractivity contribution >= 4 is 41.6 Å². The molecule has 2 aromatic rings. The fourth-order valence-electron chi connectivity index (χ4n) is 2.85. The van der Waals surface area contributed by atoms with Crippen LogP contribution in [0.3, 0.4) is 0 Å². The molecule has 1 unspecified atom stereocenters. The van der Waals surface area contributed by atoms with E-state index in [-0.39, 0.29) is 11.2 Å². The molecular weight excluding hydrogens is 380 g/mol. The van der Waals surface area contributed by atoms with Crippen molar-refractivity contribution in [3.05, 3.63) is 34.1 Å². The van der Waals surface area contributed by atoms with Crippen molar-refractivity contribution < 1.29 is 14.4 Å². The van der Waals surface area contributed by atoms with Crippen LogP contribution >= 0.6 is 35.6 Å². The van der Waals surface area contributed by atoms with Crippen molar-refractivity contribution in [2.45, 2.75) is 11.9 Å². The zero-order valence-corrected chi connectivity index (χ0v) is 16.5. The number of quaternary nitrogens is 1. The largest absolute Gasteiger partial charge is 0.468 e. The number of carbonyl (C=O) groups is 1. The maximum Gasteiger partial charge on any atom is 0.324 e. The Bertz CT molecular complexity index is 819. The summed E-state index contributed by atoms with van der Waals surface area (Å²) in [6.45, 7) is 2.31. The van der Waals surface area contributed by atoms with Gasteiger partial charge in [-0.05, 0) is 36.5 Å². The highest BCUT2D eigenvalue weighted by molar-refractivity contribution is 8.00. The summed E-state index contributed by atoms with van der Waals surface area (Å²) in [4.78, 5) is 13.1. The van der Waals surface area contributed by atoms with Gasteiger partial charge in [0.05, 0.1) is 13.7 Å². The number of carbonyl (C=O) groups excluding carboxylic acids is 1. The van der Waals surface area contributed by atoms with E-state index in [9.17, 15) is 4.79 Å². The van der Waals surface area contributed by atoms with Crippen LogP contribution in [0.1, 0.15) is 0 Å². The Morgan fingerprint density at radius 3 is 2.88 bits per heavy atom. The molecule has 25 heavy (non-hydrogen) atoms. The summed E-state index contributed by atoms with van der Waals surface area (Å²) in [5.41, 5.74) is 0.966. The van der Waals surface area contributed by atoms with Crippen LogP contribution in [0.5, 0.6) is 0 Å². The lowest BCUT2D eigenvalue weighted by atomic mass is 10.2. The molecule has 2 heterocycles. The van der Waals surface area contributed by atoms with Crippen LogP contribution < -0.4 is 4.90 Å². The predicted octanol–water partition coefficient (Wildman–Crippen LogP) is 1.40. The molecule has 0 spiro atoms. The van der Waals surface area contributed by atoms with E-state index in [2.05, 4.69) is 5.10 Å². The van der Waals surface area contributed by atoms with Gasteiger partial charge in [0, 0.05) is 23.4 Å². The van der Waals surface area contributed by atoms with Gasteiger partial charge >= 0.3 is 5.97 Å². The Morgan fingerprint density at radius 2 is 2.20 bits per heavy atom. The second-order valence-electron chi connectivity index (χ2n) is 5.92. The van der Waals surface area contributed by atoms with Gasteiger partial charge in [0.25, 0.3) is 0 Å². The molecule has 134 valence electrons. The average molecular weight is 400 g/mol. The Labute approximate surface area is 160 Å². The smallest absolute Gasteiger partial charge is 0.324 e. The zero-order chi connectivity index (χ0) is 18.0. The van der Waals surface area contributed by atoms with Crippen molar-refractivity contribution in [2.24, 2.45) is 7.05 Å². The Morgan fingerprint density at radius 1 is 1.48 bits per heavy atom. The Kier molecular flexibility index (Phi) is 5.83. The molecule has 9 heteroatoms. The lowest BCUT2D eigenvalue weighted by molar-refractivity contribution is -0.921. The summed E-state index contributed by atoms with van der Waals surface area (Å²) in [7, 11) is 3.35. The highest BCUT2D eigenvalue weighted by Crippen LogP contribution is 2.20. The van der Waals surface area contributed by atoms with E-state index in [0.29, 0.717) is 23.0 Å². The van der Waals surface area contributed by atoms with Crippen LogP contribution in [-0.2, 0) is 23.2 Å². The third-order valence-electron chi connectivity index (χ3n) is 4.23. The number of esters is 1. The molecule has 0 radical (unpaired) electrons. The average Bonchev–Trinajstić information content (AvgIpc) is 2.90. The molecule has 1 aromatic heterocycles. The SMILES string of the molecule is COC(=O)[C@H]1C[NH+](Cn2nc(-c3ccc(Cl)cc3)n(C)c2=S)CCS1. The third-order valence-corrected chi connectivity index (χ3v) is 6.17. The quantitative estimate of drug-likeness (QED) is 0.622. The normalized spacial score (nSPS) is 20.4. The molecule has 0 bridgehead atoms. The summed E-state index contributed by atoms with van der Waals surface area (Å²) in [5, 5.41) is 5.25. The fourth-order valence-corrected chi connectivity index (χ4v) is 4.44. The van der Waals surface area contributed by atoms with Gasteiger partial charge in [-0.15, -0.1) is 16.9 Å². The second kappa shape index (κ2) is 7.90. The molecule has 3 rings (SSSR count). The predicted molar refractivity (Wildman–Crippen MR) is 101 cm³/mol. The van der Waals surface area contributed by atoms with E-state index in [0.717, 1.165) is 23.7 Å². The van der Waals surface area contributed by atoms with Crippen LogP contribution in [0, 0.1) is 4.77 Å². The first-order chi connectivity index (χ1) is 12.0. The first-order valence-electron chi connectivity index (χ1n) is 7.92. The topological polar surface area (TPSA) is 53.5 Å². The van der Waals surface area contributed by atoms with Crippen molar-refractivity contribution in [2.75, 3.05) is 26.0 Å².